The van der Waals surface area contributed by atoms with Gasteiger partial charge >= 0.3 is 0 Å². The lowest BCUT2D eigenvalue weighted by molar-refractivity contribution is -0.121. The van der Waals surface area contributed by atoms with Crippen molar-refractivity contribution in [3.63, 3.8) is 0 Å². The first-order valence-corrected chi connectivity index (χ1v) is 6.90. The van der Waals surface area contributed by atoms with Crippen molar-refractivity contribution in [3.05, 3.63) is 58.6 Å². The standard InChI is InChI=1S/C16H17ClN2O2/c1-11-7-14(18)5-6-15(11)19-16(20)10-21-9-12-3-2-4-13(17)8-12/h2-8H,9-10,18H2,1H3,(H,19,20). The van der Waals surface area contributed by atoms with Gasteiger partial charge in [-0.3, -0.25) is 4.79 Å². The van der Waals surface area contributed by atoms with Crippen molar-refractivity contribution in [2.75, 3.05) is 17.7 Å². The lowest BCUT2D eigenvalue weighted by atomic mass is 10.2. The van der Waals surface area contributed by atoms with E-state index < -0.39 is 0 Å². The molecule has 2 rings (SSSR count). The highest BCUT2D eigenvalue weighted by Crippen LogP contribution is 2.17. The number of nitrogens with one attached hydrogen (secondary N) is 1. The van der Waals surface area contributed by atoms with Crippen LogP contribution in [0.15, 0.2) is 42.5 Å². The summed E-state index contributed by atoms with van der Waals surface area (Å²) in [5.74, 6) is -0.204. The van der Waals surface area contributed by atoms with Gasteiger partial charge in [0.1, 0.15) is 6.61 Å². The first-order chi connectivity index (χ1) is 10.0. The van der Waals surface area contributed by atoms with E-state index in [0.29, 0.717) is 17.3 Å². The van der Waals surface area contributed by atoms with E-state index in [0.717, 1.165) is 16.8 Å². The lowest BCUT2D eigenvalue weighted by Crippen LogP contribution is -2.18. The molecule has 0 atom stereocenters. The SMILES string of the molecule is Cc1cc(N)ccc1NC(=O)COCc1cccc(Cl)c1. The molecule has 5 heteroatoms. The van der Waals surface area contributed by atoms with Gasteiger partial charge in [-0.15, -0.1) is 0 Å². The van der Waals surface area contributed by atoms with Gasteiger partial charge in [-0.25, -0.2) is 0 Å². The summed E-state index contributed by atoms with van der Waals surface area (Å²) in [6, 6.07) is 12.7. The molecule has 4 nitrogen and oxygen atoms in total. The molecular formula is C16H17ClN2O2. The molecule has 2 aromatic rings. The molecule has 3 N–H and O–H groups in total. The van der Waals surface area contributed by atoms with E-state index in [4.69, 9.17) is 22.1 Å². The summed E-state index contributed by atoms with van der Waals surface area (Å²) in [6.07, 6.45) is 0. The quantitative estimate of drug-likeness (QED) is 0.832. The van der Waals surface area contributed by atoms with Crippen LogP contribution >= 0.6 is 11.6 Å². The Kier molecular flexibility index (Phi) is 5.20. The van der Waals surface area contributed by atoms with Gasteiger partial charge in [0.05, 0.1) is 6.61 Å². The highest BCUT2D eigenvalue weighted by molar-refractivity contribution is 6.30. The number of carbonyl (C=O) groups excluding carboxylic acids is 1. The molecule has 0 aliphatic heterocycles. The highest BCUT2D eigenvalue weighted by atomic mass is 35.5. The molecule has 0 spiro atoms. The van der Waals surface area contributed by atoms with Crippen molar-refractivity contribution < 1.29 is 9.53 Å². The fraction of sp³-hybridized carbons (Fsp3) is 0.188. The van der Waals surface area contributed by atoms with E-state index >= 15 is 0 Å². The smallest absolute Gasteiger partial charge is 0.250 e. The van der Waals surface area contributed by atoms with E-state index in [1.54, 1.807) is 18.2 Å². The summed E-state index contributed by atoms with van der Waals surface area (Å²) in [6.45, 7) is 2.21. The maximum atomic E-state index is 11.8. The van der Waals surface area contributed by atoms with Crippen LogP contribution in [0.5, 0.6) is 0 Å². The third-order valence-electron chi connectivity index (χ3n) is 2.92. The van der Waals surface area contributed by atoms with Crippen LogP contribution < -0.4 is 11.1 Å². The van der Waals surface area contributed by atoms with Crippen molar-refractivity contribution in [2.24, 2.45) is 0 Å². The molecule has 0 aliphatic rings. The fourth-order valence-corrected chi connectivity index (χ4v) is 2.11. The molecule has 0 fully saturated rings. The van der Waals surface area contributed by atoms with E-state index in [-0.39, 0.29) is 12.5 Å². The number of hydrogen-bond donors (Lipinski definition) is 2. The van der Waals surface area contributed by atoms with Crippen LogP contribution in [-0.2, 0) is 16.1 Å². The molecule has 0 unspecified atom stereocenters. The third-order valence-corrected chi connectivity index (χ3v) is 3.15. The number of nitrogen functional groups attached to an aromatic ring is 1. The van der Waals surface area contributed by atoms with Crippen LogP contribution in [0.25, 0.3) is 0 Å². The number of carbonyl (C=O) groups is 1. The van der Waals surface area contributed by atoms with Gasteiger partial charge < -0.3 is 15.8 Å². The number of hydrogen-bond acceptors (Lipinski definition) is 3. The number of amides is 1. The molecule has 0 aliphatic carbocycles. The van der Waals surface area contributed by atoms with Crippen molar-refractivity contribution in [1.29, 1.82) is 0 Å². The van der Waals surface area contributed by atoms with Gasteiger partial charge in [0.15, 0.2) is 0 Å². The first-order valence-electron chi connectivity index (χ1n) is 6.53. The van der Waals surface area contributed by atoms with E-state index in [9.17, 15) is 4.79 Å². The van der Waals surface area contributed by atoms with Crippen LogP contribution in [0.1, 0.15) is 11.1 Å². The predicted octanol–water partition coefficient (Wildman–Crippen LogP) is 3.39. The Morgan fingerprint density at radius 1 is 1.29 bits per heavy atom. The molecule has 110 valence electrons. The lowest BCUT2D eigenvalue weighted by Gasteiger charge is -2.09. The predicted molar refractivity (Wildman–Crippen MR) is 85.3 cm³/mol. The maximum Gasteiger partial charge on any atom is 0.250 e. The Balaban J connectivity index is 1.82. The Labute approximate surface area is 128 Å². The topological polar surface area (TPSA) is 64.3 Å². The number of halogens is 1. The van der Waals surface area contributed by atoms with Crippen LogP contribution in [0.4, 0.5) is 11.4 Å². The normalized spacial score (nSPS) is 10.4. The van der Waals surface area contributed by atoms with E-state index in [1.807, 2.05) is 31.2 Å². The molecule has 0 heterocycles. The van der Waals surface area contributed by atoms with Crippen LogP contribution in [0.2, 0.25) is 5.02 Å². The number of ether oxygens (including phenoxy) is 1. The Morgan fingerprint density at radius 3 is 2.81 bits per heavy atom. The summed E-state index contributed by atoms with van der Waals surface area (Å²) in [5.41, 5.74) is 8.92. The summed E-state index contributed by atoms with van der Waals surface area (Å²) in [5, 5.41) is 3.44. The van der Waals surface area contributed by atoms with Gasteiger partial charge in [0, 0.05) is 16.4 Å². The molecule has 0 saturated carbocycles. The van der Waals surface area contributed by atoms with Gasteiger partial charge in [-0.2, -0.15) is 0 Å². The minimum Gasteiger partial charge on any atom is -0.399 e. The second-order valence-corrected chi connectivity index (χ2v) is 5.18. The van der Waals surface area contributed by atoms with Crippen LogP contribution in [0, 0.1) is 6.92 Å². The molecule has 0 radical (unpaired) electrons. The zero-order valence-corrected chi connectivity index (χ0v) is 12.5. The van der Waals surface area contributed by atoms with E-state index in [1.165, 1.54) is 0 Å². The van der Waals surface area contributed by atoms with Crippen molar-refractivity contribution in [1.82, 2.24) is 0 Å². The molecule has 1 amide bonds. The summed E-state index contributed by atoms with van der Waals surface area (Å²) >= 11 is 5.88. The number of nitrogens with two attached hydrogens (primary N) is 1. The Bertz CT molecular complexity index is 644. The Hall–Kier alpha value is -2.04. The van der Waals surface area contributed by atoms with Crippen LogP contribution in [0.3, 0.4) is 0 Å². The summed E-state index contributed by atoms with van der Waals surface area (Å²) in [7, 11) is 0. The zero-order valence-electron chi connectivity index (χ0n) is 11.7. The minimum atomic E-state index is -0.204. The number of rotatable bonds is 5. The second kappa shape index (κ2) is 7.11. The monoisotopic (exact) mass is 304 g/mol. The Morgan fingerprint density at radius 2 is 2.10 bits per heavy atom. The maximum absolute atomic E-state index is 11.8. The molecule has 2 aromatic carbocycles. The molecule has 0 bridgehead atoms. The van der Waals surface area contributed by atoms with Crippen molar-refractivity contribution in [3.8, 4) is 0 Å². The minimum absolute atomic E-state index is 0.0175. The van der Waals surface area contributed by atoms with Gasteiger partial charge in [-0.1, -0.05) is 23.7 Å². The van der Waals surface area contributed by atoms with Crippen LogP contribution in [-0.4, -0.2) is 12.5 Å². The molecule has 0 aromatic heterocycles. The zero-order chi connectivity index (χ0) is 15.2. The second-order valence-electron chi connectivity index (χ2n) is 4.75. The average molecular weight is 305 g/mol. The van der Waals surface area contributed by atoms with Crippen molar-refractivity contribution >= 4 is 28.9 Å². The van der Waals surface area contributed by atoms with Gasteiger partial charge in [0.2, 0.25) is 5.91 Å². The largest absolute Gasteiger partial charge is 0.399 e. The number of anilines is 2. The highest BCUT2D eigenvalue weighted by Gasteiger charge is 2.05. The molecule has 21 heavy (non-hydrogen) atoms. The number of benzene rings is 2. The third kappa shape index (κ3) is 4.77. The molecule has 0 saturated heterocycles. The fourth-order valence-electron chi connectivity index (χ4n) is 1.90. The molecular weight excluding hydrogens is 288 g/mol. The van der Waals surface area contributed by atoms with Crippen molar-refractivity contribution in [2.45, 2.75) is 13.5 Å². The number of aryl methyl sites for hydroxylation is 1. The summed E-state index contributed by atoms with van der Waals surface area (Å²) < 4.78 is 5.38. The summed E-state index contributed by atoms with van der Waals surface area (Å²) in [4.78, 5) is 11.8. The van der Waals surface area contributed by atoms with E-state index in [2.05, 4.69) is 5.32 Å². The average Bonchev–Trinajstić information content (AvgIpc) is 2.42. The van der Waals surface area contributed by atoms with Gasteiger partial charge in [-0.05, 0) is 48.4 Å². The first kappa shape index (κ1) is 15.4. The van der Waals surface area contributed by atoms with Gasteiger partial charge in [0.25, 0.3) is 0 Å².